The number of amides is 1. The molecule has 3 aromatic rings. The first-order chi connectivity index (χ1) is 15.2. The molecule has 0 aliphatic carbocycles. The number of aryl methyl sites for hydroxylation is 2. The molecule has 7 nitrogen and oxygen atoms in total. The number of aromatic nitrogens is 2. The Morgan fingerprint density at radius 1 is 1.03 bits per heavy atom. The van der Waals surface area contributed by atoms with Gasteiger partial charge in [-0.3, -0.25) is 9.79 Å². The maximum atomic E-state index is 11.8. The number of nitrogens with zero attached hydrogens (tertiary/aromatic N) is 3. The van der Waals surface area contributed by atoms with Crippen molar-refractivity contribution >= 4 is 11.9 Å². The largest absolute Gasteiger partial charge is 0.356 e. The zero-order chi connectivity index (χ0) is 21.9. The van der Waals surface area contributed by atoms with Crippen molar-refractivity contribution in [2.75, 3.05) is 20.6 Å². The zero-order valence-electron chi connectivity index (χ0n) is 18.1. The lowest BCUT2D eigenvalue weighted by Crippen LogP contribution is -2.38. The summed E-state index contributed by atoms with van der Waals surface area (Å²) in [6.45, 7) is 2.18. The molecule has 0 aliphatic rings. The van der Waals surface area contributed by atoms with Crippen LogP contribution < -0.4 is 16.0 Å². The van der Waals surface area contributed by atoms with E-state index in [-0.39, 0.29) is 5.91 Å². The second kappa shape index (κ2) is 11.5. The number of nitrogens with one attached hydrogen (secondary N) is 3. The molecule has 1 heterocycles. The van der Waals surface area contributed by atoms with Gasteiger partial charge in [0.25, 0.3) is 5.91 Å². The molecule has 0 atom stereocenters. The van der Waals surface area contributed by atoms with Crippen LogP contribution in [-0.2, 0) is 25.9 Å². The van der Waals surface area contributed by atoms with Crippen LogP contribution in [0.3, 0.4) is 0 Å². The summed E-state index contributed by atoms with van der Waals surface area (Å²) in [6.07, 6.45) is 5.59. The Bertz CT molecular complexity index is 996. The van der Waals surface area contributed by atoms with Crippen molar-refractivity contribution in [3.8, 4) is 0 Å². The van der Waals surface area contributed by atoms with Gasteiger partial charge in [-0.1, -0.05) is 42.5 Å². The van der Waals surface area contributed by atoms with Crippen LogP contribution in [0.1, 0.15) is 27.3 Å². The van der Waals surface area contributed by atoms with Crippen molar-refractivity contribution < 1.29 is 4.79 Å². The van der Waals surface area contributed by atoms with Crippen molar-refractivity contribution in [1.82, 2.24) is 25.5 Å². The van der Waals surface area contributed by atoms with Gasteiger partial charge < -0.3 is 20.5 Å². The van der Waals surface area contributed by atoms with Crippen LogP contribution in [0.5, 0.6) is 0 Å². The van der Waals surface area contributed by atoms with E-state index < -0.39 is 0 Å². The number of rotatable bonds is 9. The third-order valence-electron chi connectivity index (χ3n) is 5.05. The molecule has 0 aliphatic heterocycles. The molecule has 0 bridgehead atoms. The average molecular weight is 419 g/mol. The smallest absolute Gasteiger partial charge is 0.251 e. The van der Waals surface area contributed by atoms with Gasteiger partial charge in [0.15, 0.2) is 5.96 Å². The van der Waals surface area contributed by atoms with Gasteiger partial charge in [0.1, 0.15) is 5.82 Å². The number of hydrogen-bond donors (Lipinski definition) is 3. The first-order valence-corrected chi connectivity index (χ1v) is 10.5. The Labute approximate surface area is 183 Å². The number of carbonyl (C=O) groups excluding carboxylic acids is 1. The molecule has 0 fully saturated rings. The molecule has 7 heteroatoms. The highest BCUT2D eigenvalue weighted by Crippen LogP contribution is 2.06. The molecular formula is C24H30N6O. The lowest BCUT2D eigenvalue weighted by atomic mass is 10.1. The van der Waals surface area contributed by atoms with E-state index in [1.165, 1.54) is 5.56 Å². The van der Waals surface area contributed by atoms with E-state index in [0.717, 1.165) is 36.7 Å². The molecule has 2 aromatic carbocycles. The van der Waals surface area contributed by atoms with Crippen molar-refractivity contribution in [2.24, 2.45) is 4.99 Å². The number of hydrogen-bond acceptors (Lipinski definition) is 3. The summed E-state index contributed by atoms with van der Waals surface area (Å²) in [5.41, 5.74) is 3.08. The molecule has 0 unspecified atom stereocenters. The summed E-state index contributed by atoms with van der Waals surface area (Å²) in [5, 5.41) is 9.30. The number of imidazole rings is 1. The standard InChI is InChI=1S/C24H30N6O/c1-25-23(31)21-10-6-9-20(17-21)11-13-28-24(26-2)29-18-22-27-14-16-30(22)15-12-19-7-4-3-5-8-19/h3-10,14,16-17H,11-13,15,18H2,1-2H3,(H,25,31)(H2,26,28,29). The average Bonchev–Trinajstić information content (AvgIpc) is 3.27. The molecule has 3 N–H and O–H groups in total. The summed E-state index contributed by atoms with van der Waals surface area (Å²) in [7, 11) is 3.39. The molecule has 0 radical (unpaired) electrons. The van der Waals surface area contributed by atoms with Crippen LogP contribution in [0.4, 0.5) is 0 Å². The Morgan fingerprint density at radius 2 is 1.84 bits per heavy atom. The fourth-order valence-corrected chi connectivity index (χ4v) is 3.33. The van der Waals surface area contributed by atoms with E-state index in [4.69, 9.17) is 0 Å². The lowest BCUT2D eigenvalue weighted by Gasteiger charge is -2.13. The molecule has 162 valence electrons. The predicted molar refractivity (Wildman–Crippen MR) is 124 cm³/mol. The maximum Gasteiger partial charge on any atom is 0.251 e. The highest BCUT2D eigenvalue weighted by atomic mass is 16.1. The fourth-order valence-electron chi connectivity index (χ4n) is 3.33. The van der Waals surface area contributed by atoms with Crippen molar-refractivity contribution in [3.05, 3.63) is 89.5 Å². The molecule has 1 amide bonds. The summed E-state index contributed by atoms with van der Waals surface area (Å²) in [4.78, 5) is 20.6. The third-order valence-corrected chi connectivity index (χ3v) is 5.05. The van der Waals surface area contributed by atoms with Crippen LogP contribution in [0.15, 0.2) is 72.0 Å². The summed E-state index contributed by atoms with van der Waals surface area (Å²) >= 11 is 0. The van der Waals surface area contributed by atoms with E-state index >= 15 is 0 Å². The van der Waals surface area contributed by atoms with E-state index in [2.05, 4.69) is 54.8 Å². The van der Waals surface area contributed by atoms with Gasteiger partial charge >= 0.3 is 0 Å². The topological polar surface area (TPSA) is 83.3 Å². The first-order valence-electron chi connectivity index (χ1n) is 10.5. The van der Waals surface area contributed by atoms with Crippen molar-refractivity contribution in [1.29, 1.82) is 0 Å². The van der Waals surface area contributed by atoms with Gasteiger partial charge in [0.05, 0.1) is 6.54 Å². The Morgan fingerprint density at radius 3 is 2.61 bits per heavy atom. The maximum absolute atomic E-state index is 11.8. The van der Waals surface area contributed by atoms with E-state index in [0.29, 0.717) is 18.7 Å². The normalized spacial score (nSPS) is 11.2. The summed E-state index contributed by atoms with van der Waals surface area (Å²) < 4.78 is 2.16. The number of guanidine groups is 1. The SMILES string of the molecule is CN=C(NCCc1cccc(C(=O)NC)c1)NCc1nccn1CCc1ccccc1. The van der Waals surface area contributed by atoms with E-state index in [9.17, 15) is 4.79 Å². The van der Waals surface area contributed by atoms with Crippen LogP contribution >= 0.6 is 0 Å². The minimum Gasteiger partial charge on any atom is -0.356 e. The van der Waals surface area contributed by atoms with Gasteiger partial charge in [-0.05, 0) is 36.1 Å². The highest BCUT2D eigenvalue weighted by molar-refractivity contribution is 5.94. The van der Waals surface area contributed by atoms with Gasteiger partial charge in [0.2, 0.25) is 0 Å². The van der Waals surface area contributed by atoms with Crippen LogP contribution in [0.25, 0.3) is 0 Å². The molecular weight excluding hydrogens is 388 g/mol. The quantitative estimate of drug-likeness (QED) is 0.368. The fraction of sp³-hybridized carbons (Fsp3) is 0.292. The van der Waals surface area contributed by atoms with Crippen molar-refractivity contribution in [2.45, 2.75) is 25.9 Å². The van der Waals surface area contributed by atoms with Gasteiger partial charge in [-0.2, -0.15) is 0 Å². The van der Waals surface area contributed by atoms with Crippen LogP contribution in [0.2, 0.25) is 0 Å². The van der Waals surface area contributed by atoms with Gasteiger partial charge in [-0.25, -0.2) is 4.98 Å². The third kappa shape index (κ3) is 6.70. The van der Waals surface area contributed by atoms with Crippen LogP contribution in [0, 0.1) is 0 Å². The molecule has 0 spiro atoms. The Hall–Kier alpha value is -3.61. The molecule has 0 saturated carbocycles. The minimum atomic E-state index is -0.0740. The Kier molecular flexibility index (Phi) is 8.22. The first kappa shape index (κ1) is 22.1. The summed E-state index contributed by atoms with van der Waals surface area (Å²) in [5.74, 6) is 1.62. The van der Waals surface area contributed by atoms with Crippen molar-refractivity contribution in [3.63, 3.8) is 0 Å². The number of carbonyl (C=O) groups is 1. The molecule has 31 heavy (non-hydrogen) atoms. The van der Waals surface area contributed by atoms with E-state index in [1.807, 2.05) is 42.7 Å². The number of benzene rings is 2. The molecule has 3 rings (SSSR count). The number of aliphatic imine (C=N–C) groups is 1. The monoisotopic (exact) mass is 418 g/mol. The second-order valence-corrected chi connectivity index (χ2v) is 7.15. The highest BCUT2D eigenvalue weighted by Gasteiger charge is 2.06. The molecule has 0 saturated heterocycles. The second-order valence-electron chi connectivity index (χ2n) is 7.15. The zero-order valence-corrected chi connectivity index (χ0v) is 18.1. The minimum absolute atomic E-state index is 0.0740. The predicted octanol–water partition coefficient (Wildman–Crippen LogP) is 2.39. The van der Waals surface area contributed by atoms with Gasteiger partial charge in [0, 0.05) is 45.1 Å². The Balaban J connectivity index is 1.46. The van der Waals surface area contributed by atoms with Gasteiger partial charge in [-0.15, -0.1) is 0 Å². The summed E-state index contributed by atoms with van der Waals surface area (Å²) in [6, 6.07) is 18.1. The van der Waals surface area contributed by atoms with E-state index in [1.54, 1.807) is 14.1 Å². The lowest BCUT2D eigenvalue weighted by molar-refractivity contribution is 0.0963. The van der Waals surface area contributed by atoms with Crippen LogP contribution in [-0.4, -0.2) is 42.1 Å². The molecule has 1 aromatic heterocycles.